The molecule has 13 heteroatoms. The number of hydrogen-bond donors (Lipinski definition) is 0. The Morgan fingerprint density at radius 1 is 0.828 bits per heavy atom. The average molecular weight is 813 g/mol. The van der Waals surface area contributed by atoms with E-state index in [1.807, 2.05) is 101 Å². The van der Waals surface area contributed by atoms with Gasteiger partial charge in [-0.2, -0.15) is 9.40 Å². The van der Waals surface area contributed by atoms with E-state index in [1.54, 1.807) is 32.2 Å². The summed E-state index contributed by atoms with van der Waals surface area (Å²) in [6.07, 6.45) is 4.68. The molecule has 5 rings (SSSR count). The molecule has 0 bridgehead atoms. The first kappa shape index (κ1) is 43.9. The number of hydrogen-bond acceptors (Lipinski definition) is 10. The minimum atomic E-state index is -4.02. The zero-order chi connectivity index (χ0) is 42.3. The van der Waals surface area contributed by atoms with Crippen LogP contribution in [0, 0.1) is 0 Å². The quantitative estimate of drug-likeness (QED) is 0.0797. The predicted molar refractivity (Wildman–Crippen MR) is 223 cm³/mol. The number of esters is 1. The molecule has 0 unspecified atom stereocenters. The summed E-state index contributed by atoms with van der Waals surface area (Å²) >= 11 is 0. The van der Waals surface area contributed by atoms with E-state index in [2.05, 4.69) is 30.0 Å². The Morgan fingerprint density at radius 3 is 1.97 bits per heavy atom. The van der Waals surface area contributed by atoms with Crippen LogP contribution >= 0.6 is 0 Å². The molecule has 310 valence electrons. The van der Waals surface area contributed by atoms with E-state index in [1.165, 1.54) is 16.7 Å². The van der Waals surface area contributed by atoms with Crippen molar-refractivity contribution < 1.29 is 36.9 Å². The lowest BCUT2D eigenvalue weighted by molar-refractivity contribution is -0.153. The smallest absolute Gasteiger partial charge is 0.310 e. The van der Waals surface area contributed by atoms with E-state index < -0.39 is 21.2 Å². The number of carbonyl (C=O) groups excluding carboxylic acids is 1. The Hall–Kier alpha value is -5.24. The third kappa shape index (κ3) is 11.2. The SMILES string of the molecule is COCc1cc(-c2ccnc(OCC(C)(C)n3cc(S(=O)(=O)N(Cc4ccc(OC)cc4)Cc4ccc(OC)cc4)cn3)c2)c(CC(=O)OC(C)(C)C)c(C(C)C)c1. The number of carbonyl (C=O) groups is 1. The van der Waals surface area contributed by atoms with Crippen LogP contribution in [0.15, 0.2) is 96.3 Å². The van der Waals surface area contributed by atoms with E-state index in [4.69, 9.17) is 23.7 Å². The molecule has 0 aliphatic carbocycles. The van der Waals surface area contributed by atoms with Gasteiger partial charge in [-0.1, -0.05) is 44.2 Å². The molecule has 2 heterocycles. The first-order chi connectivity index (χ1) is 27.4. The fraction of sp³-hybridized carbons (Fsp3) is 0.400. The molecule has 0 fully saturated rings. The van der Waals surface area contributed by atoms with Crippen LogP contribution in [0.1, 0.15) is 82.2 Å². The first-order valence-corrected chi connectivity index (χ1v) is 20.6. The van der Waals surface area contributed by atoms with Gasteiger partial charge < -0.3 is 23.7 Å². The van der Waals surface area contributed by atoms with Gasteiger partial charge in [0.05, 0.1) is 39.0 Å². The van der Waals surface area contributed by atoms with Gasteiger partial charge in [0.1, 0.15) is 28.6 Å². The van der Waals surface area contributed by atoms with Crippen molar-refractivity contribution in [3.05, 3.63) is 119 Å². The summed E-state index contributed by atoms with van der Waals surface area (Å²) in [7, 11) is 0.811. The largest absolute Gasteiger partial charge is 0.497 e. The summed E-state index contributed by atoms with van der Waals surface area (Å²) in [5, 5.41) is 4.51. The standard InChI is InChI=1S/C45H56N4O8S/c1-31(2)39-21-34(29-53-8)22-40(41(39)24-43(50)57-44(3,4)5)35-19-20-46-42(23-35)56-30-45(6,7)49-28-38(25-47-49)58(51,52)48(26-32-11-15-36(54-9)16-12-32)27-33-13-17-37(55-10)18-14-33/h11-23,25,28,31H,24,26-27,29-30H2,1-10H3. The van der Waals surface area contributed by atoms with E-state index in [9.17, 15) is 13.2 Å². The molecule has 0 amide bonds. The summed E-state index contributed by atoms with van der Waals surface area (Å²) in [5.74, 6) is 1.54. The Morgan fingerprint density at radius 2 is 1.43 bits per heavy atom. The molecule has 0 radical (unpaired) electrons. The normalized spacial score (nSPS) is 12.2. The van der Waals surface area contributed by atoms with Crippen LogP contribution in [0.3, 0.4) is 0 Å². The molecule has 0 spiro atoms. The summed E-state index contributed by atoms with van der Waals surface area (Å²) in [6, 6.07) is 22.5. The van der Waals surface area contributed by atoms with Crippen molar-refractivity contribution in [2.45, 2.75) is 96.5 Å². The Kier molecular flexibility index (Phi) is 14.0. The van der Waals surface area contributed by atoms with Crippen molar-refractivity contribution in [3.8, 4) is 28.5 Å². The molecular formula is C45H56N4O8S. The number of ether oxygens (including phenoxy) is 5. The highest BCUT2D eigenvalue weighted by Crippen LogP contribution is 2.35. The van der Waals surface area contributed by atoms with Crippen LogP contribution in [0.5, 0.6) is 17.4 Å². The number of methoxy groups -OCH3 is 3. The number of nitrogens with zero attached hydrogens (tertiary/aromatic N) is 4. The highest BCUT2D eigenvalue weighted by atomic mass is 32.2. The third-order valence-electron chi connectivity index (χ3n) is 9.49. The number of sulfonamides is 1. The molecule has 2 aromatic heterocycles. The monoisotopic (exact) mass is 812 g/mol. The molecule has 3 aromatic carbocycles. The summed E-state index contributed by atoms with van der Waals surface area (Å²) in [4.78, 5) is 17.7. The van der Waals surface area contributed by atoms with Crippen molar-refractivity contribution in [1.82, 2.24) is 19.1 Å². The molecule has 58 heavy (non-hydrogen) atoms. The molecule has 12 nitrogen and oxygen atoms in total. The average Bonchev–Trinajstić information content (AvgIpc) is 3.70. The first-order valence-electron chi connectivity index (χ1n) is 19.2. The van der Waals surface area contributed by atoms with Crippen LogP contribution in [0.2, 0.25) is 0 Å². The topological polar surface area (TPSA) is 131 Å². The Balaban J connectivity index is 1.40. The van der Waals surface area contributed by atoms with E-state index in [-0.39, 0.29) is 42.9 Å². The molecule has 0 saturated carbocycles. The van der Waals surface area contributed by atoms with Gasteiger partial charge in [0.25, 0.3) is 0 Å². The van der Waals surface area contributed by atoms with Crippen molar-refractivity contribution >= 4 is 16.0 Å². The van der Waals surface area contributed by atoms with Gasteiger partial charge in [-0.25, -0.2) is 13.4 Å². The maximum Gasteiger partial charge on any atom is 0.310 e. The maximum atomic E-state index is 14.3. The second-order valence-corrected chi connectivity index (χ2v) is 18.1. The van der Waals surface area contributed by atoms with E-state index in [0.717, 1.165) is 38.9 Å². The number of rotatable bonds is 18. The van der Waals surface area contributed by atoms with E-state index >= 15 is 0 Å². The fourth-order valence-corrected chi connectivity index (χ4v) is 7.84. The minimum Gasteiger partial charge on any atom is -0.497 e. The lowest BCUT2D eigenvalue weighted by atomic mass is 9.87. The molecule has 0 aliphatic heterocycles. The van der Waals surface area contributed by atoms with Crippen LogP contribution in [0.4, 0.5) is 0 Å². The second-order valence-electron chi connectivity index (χ2n) is 16.1. The van der Waals surface area contributed by atoms with Crippen molar-refractivity contribution in [3.63, 3.8) is 0 Å². The number of benzene rings is 3. The zero-order valence-corrected chi connectivity index (χ0v) is 36.1. The van der Waals surface area contributed by atoms with Crippen LogP contribution in [-0.2, 0) is 55.9 Å². The van der Waals surface area contributed by atoms with Crippen LogP contribution < -0.4 is 14.2 Å². The lowest BCUT2D eigenvalue weighted by Gasteiger charge is -2.26. The molecule has 0 saturated heterocycles. The predicted octanol–water partition coefficient (Wildman–Crippen LogP) is 8.32. The maximum absolute atomic E-state index is 14.3. The fourth-order valence-electron chi connectivity index (χ4n) is 6.49. The van der Waals surface area contributed by atoms with Crippen molar-refractivity contribution in [2.75, 3.05) is 27.9 Å². The summed E-state index contributed by atoms with van der Waals surface area (Å²) < 4.78 is 59.8. The van der Waals surface area contributed by atoms with Crippen LogP contribution in [0.25, 0.3) is 11.1 Å². The molecule has 0 N–H and O–H groups in total. The number of pyridine rings is 1. The third-order valence-corrected chi connectivity index (χ3v) is 11.2. The minimum absolute atomic E-state index is 0.0529. The summed E-state index contributed by atoms with van der Waals surface area (Å²) in [6.45, 7) is 14.4. The van der Waals surface area contributed by atoms with Gasteiger partial charge in [-0.15, -0.1) is 0 Å². The van der Waals surface area contributed by atoms with Gasteiger partial charge in [0.15, 0.2) is 0 Å². The van der Waals surface area contributed by atoms with Gasteiger partial charge in [0, 0.05) is 38.7 Å². The highest BCUT2D eigenvalue weighted by Gasteiger charge is 2.30. The van der Waals surface area contributed by atoms with Gasteiger partial charge in [-0.3, -0.25) is 9.48 Å². The van der Waals surface area contributed by atoms with Crippen LogP contribution in [-0.4, -0.2) is 67.0 Å². The van der Waals surface area contributed by atoms with Gasteiger partial charge in [-0.05, 0) is 116 Å². The summed E-state index contributed by atoms with van der Waals surface area (Å²) in [5.41, 5.74) is 4.77. The Labute approximate surface area is 343 Å². The molecule has 0 aliphatic rings. The highest BCUT2D eigenvalue weighted by molar-refractivity contribution is 7.89. The van der Waals surface area contributed by atoms with E-state index in [0.29, 0.717) is 24.0 Å². The molecule has 5 aromatic rings. The second kappa shape index (κ2) is 18.6. The van der Waals surface area contributed by atoms with Crippen molar-refractivity contribution in [2.24, 2.45) is 0 Å². The van der Waals surface area contributed by atoms with Gasteiger partial charge in [0.2, 0.25) is 15.9 Å². The van der Waals surface area contributed by atoms with Crippen molar-refractivity contribution in [1.29, 1.82) is 0 Å². The number of aromatic nitrogens is 3. The lowest BCUT2D eigenvalue weighted by Crippen LogP contribution is -2.34. The Bertz CT molecular complexity index is 2210. The van der Waals surface area contributed by atoms with Gasteiger partial charge >= 0.3 is 5.97 Å². The zero-order valence-electron chi connectivity index (χ0n) is 35.2. The molecular weight excluding hydrogens is 757 g/mol. The molecule has 0 atom stereocenters.